The molecule has 3 unspecified atom stereocenters. The van der Waals surface area contributed by atoms with Gasteiger partial charge in [0.25, 0.3) is 0 Å². The Kier molecular flexibility index (Phi) is 3.57. The van der Waals surface area contributed by atoms with Gasteiger partial charge in [-0.2, -0.15) is 0 Å². The van der Waals surface area contributed by atoms with Crippen LogP contribution in [0.4, 0.5) is 0 Å². The van der Waals surface area contributed by atoms with Gasteiger partial charge in [0, 0.05) is 12.6 Å². The topological polar surface area (TPSA) is 57.6 Å². The fourth-order valence-electron chi connectivity index (χ4n) is 3.57. The number of carboxylic acid groups (broad SMARTS) is 1. The first-order chi connectivity index (χ1) is 9.66. The van der Waals surface area contributed by atoms with Gasteiger partial charge in [-0.15, -0.1) is 0 Å². The molecule has 3 atom stereocenters. The molecule has 4 heteroatoms. The standard InChI is InChI=1S/C16H19NO3/c18-15-13(16(19)20)9-12-7-4-8-14(15)17(12)10-11-5-2-1-3-6-11/h1-3,5-6,12-14H,4,7-10H2,(H,19,20). The third kappa shape index (κ3) is 2.36. The Morgan fingerprint density at radius 2 is 2.00 bits per heavy atom. The van der Waals surface area contributed by atoms with Gasteiger partial charge in [0.1, 0.15) is 5.92 Å². The summed E-state index contributed by atoms with van der Waals surface area (Å²) in [6.07, 6.45) is 3.29. The number of carbonyl (C=O) groups is 2. The predicted molar refractivity (Wildman–Crippen MR) is 74.2 cm³/mol. The molecule has 0 radical (unpaired) electrons. The Morgan fingerprint density at radius 3 is 2.70 bits per heavy atom. The van der Waals surface area contributed by atoms with Crippen LogP contribution in [-0.4, -0.2) is 33.8 Å². The second-order valence-corrected chi connectivity index (χ2v) is 5.79. The maximum atomic E-state index is 12.4. The van der Waals surface area contributed by atoms with E-state index in [4.69, 9.17) is 0 Å². The van der Waals surface area contributed by atoms with E-state index < -0.39 is 11.9 Å². The Bertz CT molecular complexity index is 514. The van der Waals surface area contributed by atoms with Crippen LogP contribution in [0.5, 0.6) is 0 Å². The number of aliphatic carboxylic acids is 1. The molecule has 0 saturated carbocycles. The number of piperidine rings is 2. The van der Waals surface area contributed by atoms with Crippen molar-refractivity contribution in [3.8, 4) is 0 Å². The normalized spacial score (nSPS) is 30.2. The number of hydrogen-bond acceptors (Lipinski definition) is 3. The van der Waals surface area contributed by atoms with Crippen LogP contribution < -0.4 is 0 Å². The molecule has 3 rings (SSSR count). The average Bonchev–Trinajstić information content (AvgIpc) is 2.44. The number of Topliss-reactive ketones (excluding diaryl/α,β-unsaturated/α-hetero) is 1. The molecular weight excluding hydrogens is 254 g/mol. The highest BCUT2D eigenvalue weighted by Gasteiger charge is 2.46. The van der Waals surface area contributed by atoms with Gasteiger partial charge in [-0.25, -0.2) is 0 Å². The van der Waals surface area contributed by atoms with Crippen molar-refractivity contribution in [1.29, 1.82) is 0 Å². The third-order valence-electron chi connectivity index (χ3n) is 4.57. The molecule has 2 saturated heterocycles. The number of benzene rings is 1. The molecule has 2 fully saturated rings. The summed E-state index contributed by atoms with van der Waals surface area (Å²) in [5.74, 6) is -1.84. The third-order valence-corrected chi connectivity index (χ3v) is 4.57. The van der Waals surface area contributed by atoms with Crippen molar-refractivity contribution in [2.24, 2.45) is 5.92 Å². The van der Waals surface area contributed by atoms with Crippen molar-refractivity contribution >= 4 is 11.8 Å². The lowest BCUT2D eigenvalue weighted by Gasteiger charge is -2.46. The minimum Gasteiger partial charge on any atom is -0.481 e. The van der Waals surface area contributed by atoms with Crippen molar-refractivity contribution < 1.29 is 14.7 Å². The van der Waals surface area contributed by atoms with E-state index in [0.29, 0.717) is 6.42 Å². The monoisotopic (exact) mass is 273 g/mol. The summed E-state index contributed by atoms with van der Waals surface area (Å²) in [4.78, 5) is 25.8. The van der Waals surface area contributed by atoms with E-state index in [0.717, 1.165) is 25.8 Å². The van der Waals surface area contributed by atoms with E-state index >= 15 is 0 Å². The molecular formula is C16H19NO3. The first-order valence-electron chi connectivity index (χ1n) is 7.23. The number of rotatable bonds is 3. The van der Waals surface area contributed by atoms with E-state index in [1.54, 1.807) is 0 Å². The smallest absolute Gasteiger partial charge is 0.314 e. The van der Waals surface area contributed by atoms with Gasteiger partial charge >= 0.3 is 5.97 Å². The zero-order chi connectivity index (χ0) is 14.1. The predicted octanol–water partition coefficient (Wildman–Crippen LogP) is 2.08. The molecule has 4 nitrogen and oxygen atoms in total. The highest BCUT2D eigenvalue weighted by Crippen LogP contribution is 2.36. The minimum absolute atomic E-state index is 0.0932. The van der Waals surface area contributed by atoms with Crippen LogP contribution in [-0.2, 0) is 16.1 Å². The number of fused-ring (bicyclic) bond motifs is 2. The molecule has 0 aliphatic carbocycles. The van der Waals surface area contributed by atoms with Gasteiger partial charge in [0.15, 0.2) is 5.78 Å². The van der Waals surface area contributed by atoms with Crippen LogP contribution in [0.15, 0.2) is 30.3 Å². The summed E-state index contributed by atoms with van der Waals surface area (Å²) in [6, 6.07) is 10.1. The highest BCUT2D eigenvalue weighted by molar-refractivity contribution is 6.01. The molecule has 2 bridgehead atoms. The van der Waals surface area contributed by atoms with Gasteiger partial charge in [-0.05, 0) is 31.2 Å². The van der Waals surface area contributed by atoms with E-state index in [9.17, 15) is 14.7 Å². The Hall–Kier alpha value is -1.68. The van der Waals surface area contributed by atoms with Crippen molar-refractivity contribution in [2.45, 2.75) is 44.3 Å². The molecule has 20 heavy (non-hydrogen) atoms. The number of ketones is 1. The van der Waals surface area contributed by atoms with Gasteiger partial charge < -0.3 is 5.11 Å². The van der Waals surface area contributed by atoms with Crippen LogP contribution in [0, 0.1) is 5.92 Å². The van der Waals surface area contributed by atoms with Crippen LogP contribution in [0.2, 0.25) is 0 Å². The van der Waals surface area contributed by atoms with Crippen molar-refractivity contribution in [3.05, 3.63) is 35.9 Å². The molecule has 0 amide bonds. The second kappa shape index (κ2) is 5.37. The molecule has 2 aliphatic heterocycles. The van der Waals surface area contributed by atoms with E-state index in [1.165, 1.54) is 5.56 Å². The maximum Gasteiger partial charge on any atom is 0.314 e. The average molecular weight is 273 g/mol. The summed E-state index contributed by atoms with van der Waals surface area (Å²) in [5.41, 5.74) is 1.19. The highest BCUT2D eigenvalue weighted by atomic mass is 16.4. The van der Waals surface area contributed by atoms with Crippen molar-refractivity contribution in [1.82, 2.24) is 4.90 Å². The Morgan fingerprint density at radius 1 is 1.25 bits per heavy atom. The van der Waals surface area contributed by atoms with E-state index in [1.807, 2.05) is 18.2 Å². The van der Waals surface area contributed by atoms with Crippen LogP contribution in [0.3, 0.4) is 0 Å². The molecule has 2 heterocycles. The van der Waals surface area contributed by atoms with Crippen molar-refractivity contribution in [2.75, 3.05) is 0 Å². The Balaban J connectivity index is 1.82. The summed E-state index contributed by atoms with van der Waals surface area (Å²) in [5, 5.41) is 9.20. The van der Waals surface area contributed by atoms with Crippen LogP contribution in [0.25, 0.3) is 0 Å². The second-order valence-electron chi connectivity index (χ2n) is 5.79. The summed E-state index contributed by atoms with van der Waals surface area (Å²) in [6.45, 7) is 0.744. The first-order valence-corrected chi connectivity index (χ1v) is 7.23. The molecule has 0 spiro atoms. The minimum atomic E-state index is -0.953. The van der Waals surface area contributed by atoms with E-state index in [-0.39, 0.29) is 17.9 Å². The first kappa shape index (κ1) is 13.3. The van der Waals surface area contributed by atoms with Gasteiger partial charge in [-0.1, -0.05) is 30.3 Å². The van der Waals surface area contributed by atoms with E-state index in [2.05, 4.69) is 17.0 Å². The zero-order valence-corrected chi connectivity index (χ0v) is 11.4. The molecule has 1 aromatic carbocycles. The lowest BCUT2D eigenvalue weighted by atomic mass is 9.77. The number of carbonyl (C=O) groups excluding carboxylic acids is 1. The lowest BCUT2D eigenvalue weighted by Crippen LogP contribution is -2.58. The molecule has 106 valence electrons. The summed E-state index contributed by atoms with van der Waals surface area (Å²) in [7, 11) is 0. The molecule has 2 aliphatic rings. The summed E-state index contributed by atoms with van der Waals surface area (Å²) >= 11 is 0. The molecule has 1 aromatic rings. The lowest BCUT2D eigenvalue weighted by molar-refractivity contribution is -0.154. The fraction of sp³-hybridized carbons (Fsp3) is 0.500. The number of hydrogen-bond donors (Lipinski definition) is 1. The van der Waals surface area contributed by atoms with Gasteiger partial charge in [0.05, 0.1) is 6.04 Å². The molecule has 0 aromatic heterocycles. The quantitative estimate of drug-likeness (QED) is 0.857. The van der Waals surface area contributed by atoms with Crippen LogP contribution in [0.1, 0.15) is 31.2 Å². The van der Waals surface area contributed by atoms with Gasteiger partial charge in [0.2, 0.25) is 0 Å². The largest absolute Gasteiger partial charge is 0.481 e. The Labute approximate surface area is 118 Å². The number of nitrogens with zero attached hydrogens (tertiary/aromatic N) is 1. The SMILES string of the molecule is O=C(O)C1CC2CCCC(C1=O)N2Cc1ccccc1. The maximum absolute atomic E-state index is 12.4. The zero-order valence-electron chi connectivity index (χ0n) is 11.4. The van der Waals surface area contributed by atoms with Gasteiger partial charge in [-0.3, -0.25) is 14.5 Å². The summed E-state index contributed by atoms with van der Waals surface area (Å²) < 4.78 is 0. The van der Waals surface area contributed by atoms with Crippen molar-refractivity contribution in [3.63, 3.8) is 0 Å². The molecule has 1 N–H and O–H groups in total. The fourth-order valence-corrected chi connectivity index (χ4v) is 3.57. The van der Waals surface area contributed by atoms with Crippen LogP contribution >= 0.6 is 0 Å². The number of carboxylic acids is 1.